The molecule has 5 nitrogen and oxygen atoms in total. The molecular weight excluding hydrogens is 453 g/mol. The van der Waals surface area contributed by atoms with Gasteiger partial charge in [-0.05, 0) is 35.9 Å². The van der Waals surface area contributed by atoms with Gasteiger partial charge in [0.2, 0.25) is 0 Å². The molecule has 0 atom stereocenters. The number of thiazole rings is 1. The minimum absolute atomic E-state index is 0.154. The fraction of sp³-hybridized carbons (Fsp3) is 0. The molecule has 0 saturated heterocycles. The van der Waals surface area contributed by atoms with Crippen LogP contribution in [0.25, 0.3) is 16.3 Å². The Labute approximate surface area is 191 Å². The van der Waals surface area contributed by atoms with E-state index in [9.17, 15) is 9.90 Å². The minimum Gasteiger partial charge on any atom is -0.508 e. The van der Waals surface area contributed by atoms with Gasteiger partial charge in [-0.1, -0.05) is 77.0 Å². The molecule has 0 fully saturated rings. The summed E-state index contributed by atoms with van der Waals surface area (Å²) in [5.74, 6) is 0.358. The molecular formula is C23H13Cl2N3O2S. The fourth-order valence-electron chi connectivity index (χ4n) is 3.21. The molecule has 0 bridgehead atoms. The molecule has 1 aromatic heterocycles. The van der Waals surface area contributed by atoms with Crippen LogP contribution in [0.15, 0.2) is 77.4 Å². The van der Waals surface area contributed by atoms with E-state index in [1.54, 1.807) is 42.5 Å². The van der Waals surface area contributed by atoms with Crippen LogP contribution in [0.3, 0.4) is 0 Å². The Balaban J connectivity index is 1.64. The van der Waals surface area contributed by atoms with Crippen molar-refractivity contribution in [1.29, 1.82) is 0 Å². The number of aromatic hydroxyl groups is 1. The molecule has 0 aliphatic carbocycles. The van der Waals surface area contributed by atoms with Crippen molar-refractivity contribution >= 4 is 67.7 Å². The van der Waals surface area contributed by atoms with E-state index in [4.69, 9.17) is 23.2 Å². The normalized spacial score (nSPS) is 15.2. The van der Waals surface area contributed by atoms with Crippen LogP contribution in [0, 0.1) is 0 Å². The number of hydrogen-bond donors (Lipinski definition) is 1. The number of halogens is 2. The number of phenolic OH excluding ortho intramolecular Hbond substituents is 1. The Morgan fingerprint density at radius 2 is 1.68 bits per heavy atom. The second-order valence-corrected chi connectivity index (χ2v) is 8.62. The third-order valence-corrected chi connectivity index (χ3v) is 6.42. The van der Waals surface area contributed by atoms with Crippen molar-refractivity contribution in [3.8, 4) is 5.75 Å². The van der Waals surface area contributed by atoms with E-state index in [0.717, 1.165) is 15.8 Å². The number of benzene rings is 3. The number of carbonyl (C=O) groups is 1. The van der Waals surface area contributed by atoms with E-state index in [1.165, 1.54) is 16.2 Å². The minimum atomic E-state index is -0.289. The van der Waals surface area contributed by atoms with E-state index in [0.29, 0.717) is 26.5 Å². The van der Waals surface area contributed by atoms with Crippen molar-refractivity contribution in [2.24, 2.45) is 4.99 Å². The Morgan fingerprint density at radius 3 is 2.42 bits per heavy atom. The smallest absolute Gasteiger partial charge is 0.284 e. The molecule has 31 heavy (non-hydrogen) atoms. The van der Waals surface area contributed by atoms with Crippen LogP contribution >= 0.6 is 34.5 Å². The van der Waals surface area contributed by atoms with Crippen molar-refractivity contribution < 1.29 is 9.90 Å². The lowest BCUT2D eigenvalue weighted by Crippen LogP contribution is -2.32. The lowest BCUT2D eigenvalue weighted by Gasteiger charge is -2.14. The number of aromatic nitrogens is 1. The van der Waals surface area contributed by atoms with Gasteiger partial charge < -0.3 is 5.11 Å². The summed E-state index contributed by atoms with van der Waals surface area (Å²) in [6, 6.07) is 19.5. The predicted molar refractivity (Wildman–Crippen MR) is 126 cm³/mol. The molecule has 1 aliphatic heterocycles. The standard InChI is InChI=1S/C23H13Cl2N3O2S/c24-16-11-18-20(12-17(16)25)31-23(27-18)28-21(14-4-2-1-3-5-14)26-19(22(28)30)10-13-6-8-15(29)9-7-13/h1-12,29H/b19-10-. The molecule has 0 radical (unpaired) electrons. The molecule has 2 heterocycles. The maximum atomic E-state index is 13.4. The molecule has 1 aliphatic rings. The Hall–Kier alpha value is -3.19. The number of hydrogen-bond acceptors (Lipinski definition) is 5. The van der Waals surface area contributed by atoms with Crippen LogP contribution in [0.2, 0.25) is 10.0 Å². The van der Waals surface area contributed by atoms with E-state index in [2.05, 4.69) is 9.98 Å². The first-order chi connectivity index (χ1) is 15.0. The van der Waals surface area contributed by atoms with Crippen LogP contribution < -0.4 is 4.90 Å². The average molecular weight is 466 g/mol. The van der Waals surface area contributed by atoms with E-state index >= 15 is 0 Å². The Bertz CT molecular complexity index is 1340. The van der Waals surface area contributed by atoms with Crippen molar-refractivity contribution in [2.45, 2.75) is 0 Å². The Morgan fingerprint density at radius 1 is 0.968 bits per heavy atom. The molecule has 152 valence electrons. The monoisotopic (exact) mass is 465 g/mol. The van der Waals surface area contributed by atoms with Crippen LogP contribution in [-0.2, 0) is 4.79 Å². The molecule has 0 saturated carbocycles. The van der Waals surface area contributed by atoms with Crippen LogP contribution in [0.5, 0.6) is 5.75 Å². The van der Waals surface area contributed by atoms with Gasteiger partial charge in [0, 0.05) is 5.56 Å². The summed E-state index contributed by atoms with van der Waals surface area (Å²) in [7, 11) is 0. The highest BCUT2D eigenvalue weighted by molar-refractivity contribution is 7.22. The highest BCUT2D eigenvalue weighted by Crippen LogP contribution is 2.37. The largest absolute Gasteiger partial charge is 0.508 e. The third-order valence-electron chi connectivity index (χ3n) is 4.70. The highest BCUT2D eigenvalue weighted by atomic mass is 35.5. The summed E-state index contributed by atoms with van der Waals surface area (Å²) < 4.78 is 0.820. The van der Waals surface area contributed by atoms with Crippen molar-refractivity contribution in [1.82, 2.24) is 4.98 Å². The number of amidine groups is 1. The number of aliphatic imine (C=N–C) groups is 1. The molecule has 1 N–H and O–H groups in total. The van der Waals surface area contributed by atoms with Gasteiger partial charge in [0.1, 0.15) is 17.3 Å². The summed E-state index contributed by atoms with van der Waals surface area (Å²) in [6.07, 6.45) is 1.69. The third kappa shape index (κ3) is 3.70. The van der Waals surface area contributed by atoms with Gasteiger partial charge in [-0.25, -0.2) is 14.9 Å². The van der Waals surface area contributed by atoms with E-state index < -0.39 is 0 Å². The number of carbonyl (C=O) groups excluding carboxylic acids is 1. The maximum Gasteiger partial charge on any atom is 0.284 e. The zero-order valence-corrected chi connectivity index (χ0v) is 18.1. The molecule has 5 rings (SSSR count). The first-order valence-electron chi connectivity index (χ1n) is 9.24. The van der Waals surface area contributed by atoms with E-state index in [-0.39, 0.29) is 17.4 Å². The fourth-order valence-corrected chi connectivity index (χ4v) is 4.58. The van der Waals surface area contributed by atoms with E-state index in [1.807, 2.05) is 30.3 Å². The molecule has 4 aromatic rings. The summed E-state index contributed by atoms with van der Waals surface area (Å²) in [4.78, 5) is 24.1. The van der Waals surface area contributed by atoms with Gasteiger partial charge in [-0.3, -0.25) is 4.79 Å². The topological polar surface area (TPSA) is 65.8 Å². The number of fused-ring (bicyclic) bond motifs is 1. The first-order valence-corrected chi connectivity index (χ1v) is 10.8. The SMILES string of the molecule is O=C1/C(=C/c2ccc(O)cc2)N=C(c2ccccc2)N1c1nc2cc(Cl)c(Cl)cc2s1. The average Bonchev–Trinajstić information content (AvgIpc) is 3.31. The second kappa shape index (κ2) is 7.81. The zero-order valence-electron chi connectivity index (χ0n) is 15.8. The van der Waals surface area contributed by atoms with Crippen LogP contribution in [0.1, 0.15) is 11.1 Å². The second-order valence-electron chi connectivity index (χ2n) is 6.79. The van der Waals surface area contributed by atoms with Gasteiger partial charge >= 0.3 is 0 Å². The van der Waals surface area contributed by atoms with Gasteiger partial charge in [-0.15, -0.1) is 0 Å². The number of nitrogens with zero attached hydrogens (tertiary/aromatic N) is 3. The quantitative estimate of drug-likeness (QED) is 0.369. The molecule has 0 spiro atoms. The molecule has 0 unspecified atom stereocenters. The molecule has 3 aromatic carbocycles. The summed E-state index contributed by atoms with van der Waals surface area (Å²) in [6.45, 7) is 0. The number of phenols is 1. The van der Waals surface area contributed by atoms with Gasteiger partial charge in [0.05, 0.1) is 20.3 Å². The van der Waals surface area contributed by atoms with Crippen molar-refractivity contribution in [2.75, 3.05) is 4.90 Å². The summed E-state index contributed by atoms with van der Waals surface area (Å²) >= 11 is 13.6. The predicted octanol–water partition coefficient (Wildman–Crippen LogP) is 6.14. The lowest BCUT2D eigenvalue weighted by atomic mass is 10.2. The van der Waals surface area contributed by atoms with Crippen molar-refractivity contribution in [3.63, 3.8) is 0 Å². The van der Waals surface area contributed by atoms with Crippen LogP contribution in [-0.4, -0.2) is 21.8 Å². The summed E-state index contributed by atoms with van der Waals surface area (Å²) in [5, 5.41) is 10.8. The van der Waals surface area contributed by atoms with Gasteiger partial charge in [-0.2, -0.15) is 0 Å². The first kappa shape index (κ1) is 19.8. The summed E-state index contributed by atoms with van der Waals surface area (Å²) in [5.41, 5.74) is 2.48. The number of anilines is 1. The maximum absolute atomic E-state index is 13.4. The van der Waals surface area contributed by atoms with Crippen LogP contribution in [0.4, 0.5) is 5.13 Å². The Kier molecular flexibility index (Phi) is 4.98. The van der Waals surface area contributed by atoms with Crippen molar-refractivity contribution in [3.05, 3.63) is 93.6 Å². The molecule has 8 heteroatoms. The zero-order chi connectivity index (χ0) is 21.5. The molecule has 1 amide bonds. The number of rotatable bonds is 3. The highest BCUT2D eigenvalue weighted by Gasteiger charge is 2.34. The van der Waals surface area contributed by atoms with Gasteiger partial charge in [0.15, 0.2) is 5.13 Å². The van der Waals surface area contributed by atoms with Gasteiger partial charge in [0.25, 0.3) is 5.91 Å². The number of amides is 1. The lowest BCUT2D eigenvalue weighted by molar-refractivity contribution is -0.113.